The highest BCUT2D eigenvalue weighted by Crippen LogP contribution is 2.21. The van der Waals surface area contributed by atoms with E-state index in [1.54, 1.807) is 48.5 Å². The van der Waals surface area contributed by atoms with Gasteiger partial charge < -0.3 is 10.4 Å². The first-order chi connectivity index (χ1) is 10.1. The summed E-state index contributed by atoms with van der Waals surface area (Å²) in [7, 11) is 0. The predicted octanol–water partition coefficient (Wildman–Crippen LogP) is 3.50. The number of Topliss-reactive ketones (excluding diaryl/α,β-unsaturated/α-hetero) is 1. The summed E-state index contributed by atoms with van der Waals surface area (Å²) in [6.07, 6.45) is 0. The number of aliphatic hydroxyl groups excluding tert-OH is 1. The standard InChI is InChI=1S/C16H15Cl2NO2/c17-13-5-1-11(2-6-13)15(19-9-10-20)16(21)12-3-7-14(18)8-4-12/h1-8,15,19-20H,9-10H2. The van der Waals surface area contributed by atoms with E-state index in [-0.39, 0.29) is 12.4 Å². The number of rotatable bonds is 6. The molecule has 0 radical (unpaired) electrons. The van der Waals surface area contributed by atoms with Gasteiger partial charge in [0.2, 0.25) is 0 Å². The summed E-state index contributed by atoms with van der Waals surface area (Å²) in [6.45, 7) is 0.282. The van der Waals surface area contributed by atoms with Crippen molar-refractivity contribution in [1.82, 2.24) is 5.32 Å². The van der Waals surface area contributed by atoms with Crippen molar-refractivity contribution in [1.29, 1.82) is 0 Å². The SMILES string of the molecule is O=C(c1ccc(Cl)cc1)C(NCCO)c1ccc(Cl)cc1. The van der Waals surface area contributed by atoms with Gasteiger partial charge in [-0.3, -0.25) is 4.79 Å². The minimum absolute atomic E-state index is 0.0437. The van der Waals surface area contributed by atoms with E-state index in [4.69, 9.17) is 28.3 Å². The molecule has 2 aromatic rings. The smallest absolute Gasteiger partial charge is 0.184 e. The normalized spacial score (nSPS) is 12.1. The van der Waals surface area contributed by atoms with Crippen LogP contribution in [-0.4, -0.2) is 24.0 Å². The number of nitrogens with one attached hydrogen (secondary N) is 1. The van der Waals surface area contributed by atoms with Crippen LogP contribution in [0.2, 0.25) is 10.0 Å². The number of benzene rings is 2. The lowest BCUT2D eigenvalue weighted by atomic mass is 9.97. The number of aliphatic hydroxyl groups is 1. The van der Waals surface area contributed by atoms with E-state index in [9.17, 15) is 4.79 Å². The Labute approximate surface area is 133 Å². The fourth-order valence-electron chi connectivity index (χ4n) is 2.01. The highest BCUT2D eigenvalue weighted by Gasteiger charge is 2.21. The molecule has 0 aliphatic carbocycles. The van der Waals surface area contributed by atoms with Crippen molar-refractivity contribution < 1.29 is 9.90 Å². The van der Waals surface area contributed by atoms with E-state index in [0.717, 1.165) is 5.56 Å². The molecule has 0 aliphatic rings. The van der Waals surface area contributed by atoms with E-state index >= 15 is 0 Å². The third kappa shape index (κ3) is 4.29. The zero-order valence-electron chi connectivity index (χ0n) is 11.2. The van der Waals surface area contributed by atoms with Crippen LogP contribution in [0.3, 0.4) is 0 Å². The van der Waals surface area contributed by atoms with Crippen LogP contribution in [0.25, 0.3) is 0 Å². The van der Waals surface area contributed by atoms with Crippen LogP contribution in [0.1, 0.15) is 22.0 Å². The Balaban J connectivity index is 2.28. The van der Waals surface area contributed by atoms with E-state index in [1.165, 1.54) is 0 Å². The van der Waals surface area contributed by atoms with Crippen molar-refractivity contribution in [3.05, 3.63) is 69.7 Å². The van der Waals surface area contributed by atoms with Crippen LogP contribution in [0.15, 0.2) is 48.5 Å². The van der Waals surface area contributed by atoms with Crippen molar-refractivity contribution in [2.75, 3.05) is 13.2 Å². The van der Waals surface area contributed by atoms with E-state index in [0.29, 0.717) is 22.2 Å². The largest absolute Gasteiger partial charge is 0.395 e. The molecule has 110 valence electrons. The number of ketones is 1. The van der Waals surface area contributed by atoms with Crippen LogP contribution in [0.5, 0.6) is 0 Å². The Bertz CT molecular complexity index is 597. The monoisotopic (exact) mass is 323 g/mol. The molecule has 1 atom stereocenters. The molecule has 0 heterocycles. The molecule has 2 N–H and O–H groups in total. The average molecular weight is 324 g/mol. The lowest BCUT2D eigenvalue weighted by Gasteiger charge is -2.18. The number of hydrogen-bond donors (Lipinski definition) is 2. The van der Waals surface area contributed by atoms with Gasteiger partial charge >= 0.3 is 0 Å². The molecule has 0 fully saturated rings. The zero-order chi connectivity index (χ0) is 15.2. The van der Waals surface area contributed by atoms with Crippen molar-refractivity contribution in [3.63, 3.8) is 0 Å². The molecule has 5 heteroatoms. The number of carbonyl (C=O) groups is 1. The number of carbonyl (C=O) groups excluding carboxylic acids is 1. The Kier molecular flexibility index (Phi) is 5.76. The van der Waals surface area contributed by atoms with Gasteiger partial charge in [0.1, 0.15) is 0 Å². The maximum atomic E-state index is 12.6. The van der Waals surface area contributed by atoms with Gasteiger partial charge in [0.05, 0.1) is 12.6 Å². The molecule has 3 nitrogen and oxygen atoms in total. The third-order valence-corrected chi connectivity index (χ3v) is 3.56. The average Bonchev–Trinajstić information content (AvgIpc) is 2.50. The molecule has 0 saturated heterocycles. The van der Waals surface area contributed by atoms with Crippen molar-refractivity contribution >= 4 is 29.0 Å². The molecule has 0 bridgehead atoms. The maximum absolute atomic E-state index is 12.6. The van der Waals surface area contributed by atoms with E-state index < -0.39 is 6.04 Å². The van der Waals surface area contributed by atoms with Gasteiger partial charge in [0.25, 0.3) is 0 Å². The quantitative estimate of drug-likeness (QED) is 0.800. The van der Waals surface area contributed by atoms with Crippen LogP contribution in [0.4, 0.5) is 0 Å². The first kappa shape index (κ1) is 16.0. The van der Waals surface area contributed by atoms with Gasteiger partial charge in [-0.1, -0.05) is 35.3 Å². The maximum Gasteiger partial charge on any atom is 0.184 e. The molecule has 1 unspecified atom stereocenters. The summed E-state index contributed by atoms with van der Waals surface area (Å²) in [5.41, 5.74) is 1.36. The fraction of sp³-hybridized carbons (Fsp3) is 0.188. The molecular weight excluding hydrogens is 309 g/mol. The van der Waals surface area contributed by atoms with E-state index in [2.05, 4.69) is 5.32 Å². The third-order valence-electron chi connectivity index (χ3n) is 3.05. The minimum atomic E-state index is -0.532. The highest BCUT2D eigenvalue weighted by atomic mass is 35.5. The Morgan fingerprint density at radius 3 is 2.05 bits per heavy atom. The first-order valence-corrected chi connectivity index (χ1v) is 7.27. The second kappa shape index (κ2) is 7.57. The lowest BCUT2D eigenvalue weighted by molar-refractivity contribution is 0.0940. The van der Waals surface area contributed by atoms with Crippen molar-refractivity contribution in [3.8, 4) is 0 Å². The summed E-state index contributed by atoms with van der Waals surface area (Å²) in [5, 5.41) is 13.2. The van der Waals surface area contributed by atoms with Gasteiger partial charge in [-0.05, 0) is 42.0 Å². The van der Waals surface area contributed by atoms with Crippen LogP contribution < -0.4 is 5.32 Å². The Hall–Kier alpha value is -1.39. The molecule has 21 heavy (non-hydrogen) atoms. The summed E-state index contributed by atoms with van der Waals surface area (Å²) < 4.78 is 0. The van der Waals surface area contributed by atoms with Crippen LogP contribution in [0, 0.1) is 0 Å². The Morgan fingerprint density at radius 2 is 1.52 bits per heavy atom. The van der Waals surface area contributed by atoms with Gasteiger partial charge in [-0.25, -0.2) is 0 Å². The van der Waals surface area contributed by atoms with Crippen LogP contribution in [-0.2, 0) is 0 Å². The van der Waals surface area contributed by atoms with Gasteiger partial charge in [0.15, 0.2) is 5.78 Å². The molecule has 0 spiro atoms. The van der Waals surface area contributed by atoms with Crippen molar-refractivity contribution in [2.45, 2.75) is 6.04 Å². The molecule has 0 amide bonds. The minimum Gasteiger partial charge on any atom is -0.395 e. The van der Waals surface area contributed by atoms with Crippen molar-refractivity contribution in [2.24, 2.45) is 0 Å². The molecule has 2 rings (SSSR count). The molecule has 2 aromatic carbocycles. The van der Waals surface area contributed by atoms with Gasteiger partial charge in [0, 0.05) is 22.2 Å². The molecule has 0 aliphatic heterocycles. The van der Waals surface area contributed by atoms with E-state index in [1.807, 2.05) is 0 Å². The Morgan fingerprint density at radius 1 is 1.00 bits per heavy atom. The topological polar surface area (TPSA) is 49.3 Å². The summed E-state index contributed by atoms with van der Waals surface area (Å²) >= 11 is 11.7. The first-order valence-electron chi connectivity index (χ1n) is 6.51. The highest BCUT2D eigenvalue weighted by molar-refractivity contribution is 6.31. The summed E-state index contributed by atoms with van der Waals surface area (Å²) in [6, 6.07) is 13.3. The lowest BCUT2D eigenvalue weighted by Crippen LogP contribution is -2.31. The number of hydrogen-bond acceptors (Lipinski definition) is 3. The number of halogens is 2. The second-order valence-corrected chi connectivity index (χ2v) is 5.41. The van der Waals surface area contributed by atoms with Crippen LogP contribution >= 0.6 is 23.2 Å². The second-order valence-electron chi connectivity index (χ2n) is 4.53. The molecule has 0 saturated carbocycles. The van der Waals surface area contributed by atoms with Gasteiger partial charge in [-0.15, -0.1) is 0 Å². The summed E-state index contributed by atoms with van der Waals surface area (Å²) in [4.78, 5) is 12.6. The summed E-state index contributed by atoms with van der Waals surface area (Å²) in [5.74, 6) is -0.0811. The predicted molar refractivity (Wildman–Crippen MR) is 85.1 cm³/mol. The molecule has 0 aromatic heterocycles. The van der Waals surface area contributed by atoms with Gasteiger partial charge in [-0.2, -0.15) is 0 Å². The molecular formula is C16H15Cl2NO2. The fourth-order valence-corrected chi connectivity index (χ4v) is 2.26. The zero-order valence-corrected chi connectivity index (χ0v) is 12.7.